The van der Waals surface area contributed by atoms with Gasteiger partial charge in [0.15, 0.2) is 0 Å². The number of nitrogens with one attached hydrogen (secondary N) is 1. The predicted molar refractivity (Wildman–Crippen MR) is 108 cm³/mol. The molecule has 1 aromatic heterocycles. The maximum absolute atomic E-state index is 13.2. The van der Waals surface area contributed by atoms with Gasteiger partial charge in [-0.2, -0.15) is 5.26 Å². The second-order valence-electron chi connectivity index (χ2n) is 7.66. The van der Waals surface area contributed by atoms with E-state index in [1.165, 1.54) is 12.1 Å². The smallest absolute Gasteiger partial charge is 0.254 e. The Balaban J connectivity index is 1.71. The van der Waals surface area contributed by atoms with E-state index in [9.17, 15) is 9.65 Å². The molecule has 1 aliphatic heterocycles. The van der Waals surface area contributed by atoms with Gasteiger partial charge in [0.2, 0.25) is 0 Å². The second kappa shape index (κ2) is 7.33. The topological polar surface area (TPSA) is 79.3 Å². The van der Waals surface area contributed by atoms with Crippen molar-refractivity contribution < 1.29 is 8.81 Å². The molecule has 2 fully saturated rings. The lowest BCUT2D eigenvalue weighted by atomic mass is 9.76. The first-order valence-electron chi connectivity index (χ1n) is 9.49. The van der Waals surface area contributed by atoms with Gasteiger partial charge in [0.05, 0.1) is 12.0 Å². The average Bonchev–Trinajstić information content (AvgIpc) is 3.26. The fraction of sp³-hybridized carbons (Fsp3) is 0.304. The number of rotatable bonds is 2. The van der Waals surface area contributed by atoms with Crippen LogP contribution in [0, 0.1) is 41.5 Å². The highest BCUT2D eigenvalue weighted by Gasteiger charge is 2.54. The summed E-state index contributed by atoms with van der Waals surface area (Å²) < 4.78 is 19.1. The van der Waals surface area contributed by atoms with Crippen LogP contribution in [0.4, 0.5) is 4.39 Å². The highest BCUT2D eigenvalue weighted by molar-refractivity contribution is 5.64. The van der Waals surface area contributed by atoms with Gasteiger partial charge in [-0.3, -0.25) is 5.32 Å². The highest BCUT2D eigenvalue weighted by Crippen LogP contribution is 2.48. The van der Waals surface area contributed by atoms with E-state index in [1.54, 1.807) is 12.1 Å². The minimum atomic E-state index is -0.472. The van der Waals surface area contributed by atoms with Crippen LogP contribution in [0.2, 0.25) is 0 Å². The minimum absolute atomic E-state index is 0.0263. The van der Waals surface area contributed by atoms with Gasteiger partial charge in [-0.25, -0.2) is 11.0 Å². The molecule has 6 atom stereocenters. The summed E-state index contributed by atoms with van der Waals surface area (Å²) >= 11 is 0. The van der Waals surface area contributed by atoms with Crippen LogP contribution < -0.4 is 11.1 Å². The van der Waals surface area contributed by atoms with Crippen LogP contribution in [-0.4, -0.2) is 18.2 Å². The molecule has 0 amide bonds. The lowest BCUT2D eigenvalue weighted by Gasteiger charge is -2.37. The molecule has 1 saturated heterocycles. The number of nitrogens with two attached hydrogens (primary N) is 1. The Morgan fingerprint density at radius 2 is 2.03 bits per heavy atom. The molecule has 2 heterocycles. The standard InChI is InChI=1S/C23H21FN4O/c1-12-17(10-16-8-9-19(29-16)14-4-6-15(24)7-5-14)20-13(2)21(27-3)23(26)28-22(20)18(12)11-25/h4-10,13,18,20-23,28H,1,26H2,2H3. The third-order valence-corrected chi connectivity index (χ3v) is 6.05. The van der Waals surface area contributed by atoms with Crippen LogP contribution >= 0.6 is 0 Å². The van der Waals surface area contributed by atoms with Crippen molar-refractivity contribution in [2.75, 3.05) is 0 Å². The number of halogens is 1. The van der Waals surface area contributed by atoms with E-state index < -0.39 is 12.1 Å². The van der Waals surface area contributed by atoms with Crippen LogP contribution in [0.3, 0.4) is 0 Å². The Morgan fingerprint density at radius 3 is 2.69 bits per heavy atom. The zero-order valence-electron chi connectivity index (χ0n) is 16.0. The first kappa shape index (κ1) is 19.1. The molecule has 2 aliphatic rings. The number of nitriles is 1. The van der Waals surface area contributed by atoms with Gasteiger partial charge in [-0.1, -0.05) is 13.5 Å². The quantitative estimate of drug-likeness (QED) is 0.763. The van der Waals surface area contributed by atoms with Crippen molar-refractivity contribution in [2.45, 2.75) is 25.2 Å². The molecule has 5 nitrogen and oxygen atoms in total. The van der Waals surface area contributed by atoms with E-state index in [4.69, 9.17) is 16.7 Å². The maximum atomic E-state index is 13.2. The number of nitrogens with zero attached hydrogens (tertiary/aromatic N) is 2. The van der Waals surface area contributed by atoms with E-state index in [0.29, 0.717) is 11.5 Å². The van der Waals surface area contributed by atoms with E-state index in [1.807, 2.05) is 25.1 Å². The first-order valence-corrected chi connectivity index (χ1v) is 9.49. The Labute approximate surface area is 169 Å². The van der Waals surface area contributed by atoms with Crippen LogP contribution in [0.25, 0.3) is 22.2 Å². The van der Waals surface area contributed by atoms with Gasteiger partial charge in [-0.15, -0.1) is 0 Å². The fourth-order valence-corrected chi connectivity index (χ4v) is 4.58. The normalized spacial score (nSPS) is 32.6. The third-order valence-electron chi connectivity index (χ3n) is 6.05. The summed E-state index contributed by atoms with van der Waals surface area (Å²) in [6.07, 6.45) is 1.43. The SMILES string of the molecule is [C-]#[N+]C1C(N)NC2C(C#N)C(=C)C(=Cc3ccc(-c4ccc(F)cc4)o3)C2C1C. The minimum Gasteiger partial charge on any atom is -0.457 e. The summed E-state index contributed by atoms with van der Waals surface area (Å²) in [6, 6.07) is 11.6. The van der Waals surface area contributed by atoms with Gasteiger partial charge >= 0.3 is 0 Å². The Hall–Kier alpha value is -3.19. The molecular weight excluding hydrogens is 367 g/mol. The number of piperidine rings is 1. The molecule has 1 aliphatic carbocycles. The molecule has 3 N–H and O–H groups in total. The Morgan fingerprint density at radius 1 is 1.31 bits per heavy atom. The third kappa shape index (κ3) is 3.17. The summed E-state index contributed by atoms with van der Waals surface area (Å²) in [7, 11) is 0. The summed E-state index contributed by atoms with van der Waals surface area (Å²) in [4.78, 5) is 3.71. The van der Waals surface area contributed by atoms with Crippen molar-refractivity contribution in [2.24, 2.45) is 23.5 Å². The van der Waals surface area contributed by atoms with Gasteiger partial charge in [0.1, 0.15) is 23.5 Å². The summed E-state index contributed by atoms with van der Waals surface area (Å²) in [6.45, 7) is 13.7. The lowest BCUT2D eigenvalue weighted by Crippen LogP contribution is -2.61. The predicted octanol–water partition coefficient (Wildman–Crippen LogP) is 3.98. The van der Waals surface area contributed by atoms with E-state index in [2.05, 4.69) is 22.8 Å². The molecular formula is C23H21FN4O. The lowest BCUT2D eigenvalue weighted by molar-refractivity contribution is 0.186. The molecule has 1 aromatic carbocycles. The molecule has 29 heavy (non-hydrogen) atoms. The molecule has 4 rings (SSSR count). The van der Waals surface area contributed by atoms with Crippen LogP contribution in [0.5, 0.6) is 0 Å². The van der Waals surface area contributed by atoms with Crippen molar-refractivity contribution in [1.29, 1.82) is 5.26 Å². The largest absolute Gasteiger partial charge is 0.457 e. The molecule has 146 valence electrons. The van der Waals surface area contributed by atoms with Crippen molar-refractivity contribution in [3.05, 3.63) is 77.1 Å². The number of furan rings is 1. The number of hydrogen-bond acceptors (Lipinski definition) is 4. The summed E-state index contributed by atoms with van der Waals surface area (Å²) in [5, 5.41) is 13.0. The van der Waals surface area contributed by atoms with E-state index in [0.717, 1.165) is 16.7 Å². The molecule has 0 bridgehead atoms. The number of fused-ring (bicyclic) bond motifs is 1. The Bertz CT molecular complexity index is 1060. The average molecular weight is 388 g/mol. The molecule has 6 unspecified atom stereocenters. The molecule has 6 heteroatoms. The highest BCUT2D eigenvalue weighted by atomic mass is 19.1. The van der Waals surface area contributed by atoms with Crippen molar-refractivity contribution in [3.8, 4) is 17.4 Å². The summed E-state index contributed by atoms with van der Waals surface area (Å²) in [5.74, 6) is 0.471. The first-order chi connectivity index (χ1) is 13.9. The van der Waals surface area contributed by atoms with E-state index >= 15 is 0 Å². The second-order valence-corrected chi connectivity index (χ2v) is 7.66. The zero-order valence-corrected chi connectivity index (χ0v) is 16.0. The van der Waals surface area contributed by atoms with Crippen molar-refractivity contribution in [1.82, 2.24) is 5.32 Å². The Kier molecular flexibility index (Phi) is 4.84. The number of benzene rings is 1. The van der Waals surface area contributed by atoms with Gasteiger partial charge < -0.3 is 15.0 Å². The van der Waals surface area contributed by atoms with Crippen molar-refractivity contribution >= 4 is 6.08 Å². The summed E-state index contributed by atoms with van der Waals surface area (Å²) in [5.41, 5.74) is 8.58. The van der Waals surface area contributed by atoms with E-state index in [-0.39, 0.29) is 29.7 Å². The number of hydrogen-bond donors (Lipinski definition) is 2. The van der Waals surface area contributed by atoms with Gasteiger partial charge in [0, 0.05) is 23.4 Å². The van der Waals surface area contributed by atoms with Crippen LogP contribution in [0.15, 0.2) is 58.5 Å². The van der Waals surface area contributed by atoms with Crippen molar-refractivity contribution in [3.63, 3.8) is 0 Å². The maximum Gasteiger partial charge on any atom is 0.254 e. The van der Waals surface area contributed by atoms with Gasteiger partial charge in [-0.05, 0) is 53.6 Å². The van der Waals surface area contributed by atoms with Gasteiger partial charge in [0.25, 0.3) is 6.04 Å². The molecule has 1 saturated carbocycles. The fourth-order valence-electron chi connectivity index (χ4n) is 4.58. The van der Waals surface area contributed by atoms with Crippen LogP contribution in [-0.2, 0) is 0 Å². The monoisotopic (exact) mass is 388 g/mol. The molecule has 0 spiro atoms. The zero-order chi connectivity index (χ0) is 20.7. The molecule has 0 radical (unpaired) electrons. The van der Waals surface area contributed by atoms with Crippen LogP contribution in [0.1, 0.15) is 12.7 Å². The molecule has 2 aromatic rings.